The molecule has 2 rings (SSSR count). The highest BCUT2D eigenvalue weighted by Crippen LogP contribution is 2.28. The monoisotopic (exact) mass is 252 g/mol. The zero-order valence-corrected chi connectivity index (χ0v) is 10.0. The largest absolute Gasteiger partial charge is 0.328 e. The molecule has 0 fully saturated rings. The van der Waals surface area contributed by atoms with E-state index in [2.05, 4.69) is 0 Å². The van der Waals surface area contributed by atoms with E-state index in [0.717, 1.165) is 4.57 Å². The van der Waals surface area contributed by atoms with Gasteiger partial charge < -0.3 is 0 Å². The average Bonchev–Trinajstić information content (AvgIpc) is 2.71. The molecule has 0 aliphatic heterocycles. The van der Waals surface area contributed by atoms with E-state index >= 15 is 0 Å². The van der Waals surface area contributed by atoms with Crippen LogP contribution >= 0.6 is 0 Å². The van der Waals surface area contributed by atoms with Crippen LogP contribution in [0.5, 0.6) is 0 Å². The first-order chi connectivity index (χ1) is 8.54. The van der Waals surface area contributed by atoms with Gasteiger partial charge in [-0.2, -0.15) is 8.78 Å². The summed E-state index contributed by atoms with van der Waals surface area (Å²) in [7, 11) is 0. The minimum absolute atomic E-state index is 0.0823. The SMILES string of the molecule is CCn1ccn(CC(F)(F)c2ccccc2)c1=O. The summed E-state index contributed by atoms with van der Waals surface area (Å²) in [6.07, 6.45) is 2.91. The lowest BCUT2D eigenvalue weighted by Gasteiger charge is -2.16. The Hall–Kier alpha value is -1.91. The molecule has 1 aromatic heterocycles. The van der Waals surface area contributed by atoms with Crippen molar-refractivity contribution in [1.29, 1.82) is 0 Å². The van der Waals surface area contributed by atoms with Crippen molar-refractivity contribution in [3.8, 4) is 0 Å². The molecule has 0 aliphatic rings. The van der Waals surface area contributed by atoms with Gasteiger partial charge in [0, 0.05) is 24.5 Å². The number of rotatable bonds is 4. The Bertz CT molecular complexity index is 572. The fraction of sp³-hybridized carbons (Fsp3) is 0.308. The molecular weight excluding hydrogens is 238 g/mol. The van der Waals surface area contributed by atoms with Crippen molar-refractivity contribution in [2.75, 3.05) is 0 Å². The quantitative estimate of drug-likeness (QED) is 0.821. The molecule has 0 spiro atoms. The lowest BCUT2D eigenvalue weighted by molar-refractivity contribution is -0.0232. The van der Waals surface area contributed by atoms with Crippen LogP contribution in [0.25, 0.3) is 0 Å². The number of aryl methyl sites for hydroxylation is 1. The second-order valence-electron chi connectivity index (χ2n) is 4.07. The lowest BCUT2D eigenvalue weighted by atomic mass is 10.1. The third-order valence-electron chi connectivity index (χ3n) is 2.82. The van der Waals surface area contributed by atoms with E-state index in [1.807, 2.05) is 0 Å². The summed E-state index contributed by atoms with van der Waals surface area (Å²) in [5, 5.41) is 0. The highest BCUT2D eigenvalue weighted by atomic mass is 19.3. The van der Waals surface area contributed by atoms with E-state index in [0.29, 0.717) is 6.54 Å². The summed E-state index contributed by atoms with van der Waals surface area (Å²) in [5.41, 5.74) is -0.491. The van der Waals surface area contributed by atoms with Crippen molar-refractivity contribution in [3.63, 3.8) is 0 Å². The molecule has 0 N–H and O–H groups in total. The van der Waals surface area contributed by atoms with Crippen LogP contribution in [0.3, 0.4) is 0 Å². The fourth-order valence-corrected chi connectivity index (χ4v) is 1.80. The van der Waals surface area contributed by atoms with Crippen molar-refractivity contribution in [2.24, 2.45) is 0 Å². The van der Waals surface area contributed by atoms with Crippen molar-refractivity contribution in [2.45, 2.75) is 25.9 Å². The second-order valence-corrected chi connectivity index (χ2v) is 4.07. The molecule has 18 heavy (non-hydrogen) atoms. The zero-order valence-electron chi connectivity index (χ0n) is 10.0. The van der Waals surface area contributed by atoms with E-state index in [1.54, 1.807) is 25.1 Å². The van der Waals surface area contributed by atoms with Crippen LogP contribution in [0, 0.1) is 0 Å². The predicted molar refractivity (Wildman–Crippen MR) is 64.7 cm³/mol. The van der Waals surface area contributed by atoms with Crippen molar-refractivity contribution >= 4 is 0 Å². The van der Waals surface area contributed by atoms with Crippen molar-refractivity contribution in [3.05, 3.63) is 58.8 Å². The number of alkyl halides is 2. The molecule has 0 aliphatic carbocycles. The number of hydrogen-bond donors (Lipinski definition) is 0. The first-order valence-electron chi connectivity index (χ1n) is 5.73. The average molecular weight is 252 g/mol. The standard InChI is InChI=1S/C13H14F2N2O/c1-2-16-8-9-17(12(16)18)10-13(14,15)11-6-4-3-5-7-11/h3-9H,2,10H2,1H3. The third-order valence-corrected chi connectivity index (χ3v) is 2.82. The zero-order chi connectivity index (χ0) is 13.2. The molecule has 1 heterocycles. The normalized spacial score (nSPS) is 11.7. The van der Waals surface area contributed by atoms with Crippen LogP contribution in [0.4, 0.5) is 8.78 Å². The molecule has 0 saturated heterocycles. The topological polar surface area (TPSA) is 26.9 Å². The summed E-state index contributed by atoms with van der Waals surface area (Å²) < 4.78 is 30.4. The highest BCUT2D eigenvalue weighted by molar-refractivity contribution is 5.19. The Morgan fingerprint density at radius 1 is 1.11 bits per heavy atom. The number of halogens is 2. The van der Waals surface area contributed by atoms with E-state index in [1.165, 1.54) is 29.1 Å². The number of nitrogens with zero attached hydrogens (tertiary/aromatic N) is 2. The van der Waals surface area contributed by atoms with E-state index in [4.69, 9.17) is 0 Å². The van der Waals surface area contributed by atoms with E-state index < -0.39 is 18.2 Å². The maximum atomic E-state index is 14.0. The molecule has 2 aromatic rings. The summed E-state index contributed by atoms with van der Waals surface area (Å²) >= 11 is 0. The Labute approximate surface area is 103 Å². The summed E-state index contributed by atoms with van der Waals surface area (Å²) in [6.45, 7) is 1.63. The van der Waals surface area contributed by atoms with E-state index in [9.17, 15) is 13.6 Å². The Balaban J connectivity index is 2.28. The minimum atomic E-state index is -3.05. The molecule has 96 valence electrons. The van der Waals surface area contributed by atoms with Gasteiger partial charge in [-0.3, -0.25) is 9.13 Å². The Morgan fingerprint density at radius 2 is 1.72 bits per heavy atom. The molecule has 0 saturated carbocycles. The van der Waals surface area contributed by atoms with Crippen molar-refractivity contribution in [1.82, 2.24) is 9.13 Å². The number of aromatic nitrogens is 2. The molecule has 1 aromatic carbocycles. The molecule has 0 unspecified atom stereocenters. The summed E-state index contributed by atoms with van der Waals surface area (Å²) in [4.78, 5) is 11.7. The van der Waals surface area contributed by atoms with Gasteiger partial charge in [0.1, 0.15) is 0 Å². The van der Waals surface area contributed by atoms with Gasteiger partial charge in [0.2, 0.25) is 0 Å². The highest BCUT2D eigenvalue weighted by Gasteiger charge is 2.32. The van der Waals surface area contributed by atoms with Gasteiger partial charge in [-0.25, -0.2) is 4.79 Å². The van der Waals surface area contributed by atoms with Gasteiger partial charge in [0.25, 0.3) is 5.92 Å². The maximum absolute atomic E-state index is 14.0. The molecular formula is C13H14F2N2O. The van der Waals surface area contributed by atoms with Crippen LogP contribution in [0.1, 0.15) is 12.5 Å². The van der Waals surface area contributed by atoms with Gasteiger partial charge in [-0.05, 0) is 6.92 Å². The van der Waals surface area contributed by atoms with Crippen LogP contribution in [-0.4, -0.2) is 9.13 Å². The third kappa shape index (κ3) is 2.34. The number of imidazole rings is 1. The molecule has 0 bridgehead atoms. The molecule has 0 amide bonds. The number of hydrogen-bond acceptors (Lipinski definition) is 1. The first-order valence-corrected chi connectivity index (χ1v) is 5.73. The predicted octanol–water partition coefficient (Wildman–Crippen LogP) is 2.46. The Morgan fingerprint density at radius 3 is 2.28 bits per heavy atom. The van der Waals surface area contributed by atoms with Gasteiger partial charge >= 0.3 is 5.69 Å². The van der Waals surface area contributed by atoms with Crippen LogP contribution in [0.15, 0.2) is 47.5 Å². The smallest absolute Gasteiger partial charge is 0.300 e. The molecule has 5 heteroatoms. The van der Waals surface area contributed by atoms with E-state index in [-0.39, 0.29) is 5.56 Å². The fourth-order valence-electron chi connectivity index (χ4n) is 1.80. The second kappa shape index (κ2) is 4.76. The van der Waals surface area contributed by atoms with Gasteiger partial charge in [0.05, 0.1) is 6.54 Å². The number of benzene rings is 1. The van der Waals surface area contributed by atoms with Crippen LogP contribution in [-0.2, 0) is 19.0 Å². The van der Waals surface area contributed by atoms with Gasteiger partial charge in [0.15, 0.2) is 0 Å². The molecule has 0 radical (unpaired) electrons. The van der Waals surface area contributed by atoms with Crippen LogP contribution < -0.4 is 5.69 Å². The molecule has 3 nitrogen and oxygen atoms in total. The van der Waals surface area contributed by atoms with Gasteiger partial charge in [-0.1, -0.05) is 30.3 Å². The van der Waals surface area contributed by atoms with Gasteiger partial charge in [-0.15, -0.1) is 0 Å². The Kier molecular flexibility index (Phi) is 3.32. The maximum Gasteiger partial charge on any atom is 0.328 e. The first kappa shape index (κ1) is 12.5. The molecule has 0 atom stereocenters. The lowest BCUT2D eigenvalue weighted by Crippen LogP contribution is -2.30. The van der Waals surface area contributed by atoms with Crippen molar-refractivity contribution < 1.29 is 8.78 Å². The minimum Gasteiger partial charge on any atom is -0.300 e. The summed E-state index contributed by atoms with van der Waals surface area (Å²) in [5.74, 6) is -3.05. The summed E-state index contributed by atoms with van der Waals surface area (Å²) in [6, 6.07) is 7.52. The van der Waals surface area contributed by atoms with Crippen LogP contribution in [0.2, 0.25) is 0 Å².